The molecular formula is C43H61N3O9. The number of aliphatic hydroxyl groups excluding tert-OH is 1. The van der Waals surface area contributed by atoms with Gasteiger partial charge in [0.15, 0.2) is 6.29 Å². The number of hydrogen-bond donors (Lipinski definition) is 2. The molecule has 2 saturated heterocycles. The topological polar surface area (TPSA) is 154 Å². The van der Waals surface area contributed by atoms with Gasteiger partial charge in [-0.2, -0.15) is 0 Å². The number of pyridine rings is 1. The van der Waals surface area contributed by atoms with Gasteiger partial charge in [0.05, 0.1) is 35.3 Å². The summed E-state index contributed by atoms with van der Waals surface area (Å²) in [6, 6.07) is 8.94. The van der Waals surface area contributed by atoms with Gasteiger partial charge in [-0.3, -0.25) is 19.4 Å². The lowest BCUT2D eigenvalue weighted by Gasteiger charge is -2.47. The normalized spacial score (nSPS) is 38.2. The van der Waals surface area contributed by atoms with Gasteiger partial charge in [-0.25, -0.2) is 4.79 Å². The number of aliphatic hydroxyl groups is 1. The molecule has 12 heteroatoms. The minimum atomic E-state index is -1.22. The summed E-state index contributed by atoms with van der Waals surface area (Å²) in [4.78, 5) is 62.5. The molecule has 1 amide bonds. The number of aromatic nitrogens is 1. The van der Waals surface area contributed by atoms with Gasteiger partial charge in [0.2, 0.25) is 0 Å². The fourth-order valence-electron chi connectivity index (χ4n) is 9.16. The molecular weight excluding hydrogens is 702 g/mol. The molecule has 302 valence electrons. The molecule has 12 nitrogen and oxygen atoms in total. The minimum absolute atomic E-state index is 0.0526. The summed E-state index contributed by atoms with van der Waals surface area (Å²) in [7, 11) is 5.27. The van der Waals surface area contributed by atoms with E-state index in [1.807, 2.05) is 69.3 Å². The third-order valence-corrected chi connectivity index (χ3v) is 12.6. The quantitative estimate of drug-likeness (QED) is 0.315. The Hall–Kier alpha value is -3.55. The molecule has 1 aliphatic carbocycles. The summed E-state index contributed by atoms with van der Waals surface area (Å²) >= 11 is 0. The van der Waals surface area contributed by atoms with Crippen LogP contribution in [0.5, 0.6) is 0 Å². The van der Waals surface area contributed by atoms with Gasteiger partial charge >= 0.3 is 6.09 Å². The van der Waals surface area contributed by atoms with Crippen LogP contribution < -0.4 is 5.32 Å². The molecule has 5 rings (SSSR count). The smallest absolute Gasteiger partial charge is 0.408 e. The van der Waals surface area contributed by atoms with Crippen LogP contribution >= 0.6 is 0 Å². The van der Waals surface area contributed by atoms with Crippen molar-refractivity contribution in [3.8, 4) is 0 Å². The van der Waals surface area contributed by atoms with Crippen molar-refractivity contribution in [3.63, 3.8) is 0 Å². The van der Waals surface area contributed by atoms with Crippen LogP contribution in [-0.4, -0.2) is 108 Å². The van der Waals surface area contributed by atoms with Gasteiger partial charge in [-0.1, -0.05) is 51.1 Å². The number of allylic oxidation sites excluding steroid dienone is 1. The van der Waals surface area contributed by atoms with Crippen molar-refractivity contribution in [3.05, 3.63) is 48.2 Å². The maximum atomic E-state index is 14.4. The highest BCUT2D eigenvalue weighted by Crippen LogP contribution is 2.43. The number of amides is 1. The number of carbonyl (C=O) groups excluding carboxylic acids is 4. The summed E-state index contributed by atoms with van der Waals surface area (Å²) in [6.07, 6.45) is 3.47. The molecule has 2 aliphatic heterocycles. The zero-order valence-electron chi connectivity index (χ0n) is 34.1. The zero-order valence-corrected chi connectivity index (χ0v) is 34.1. The van der Waals surface area contributed by atoms with Crippen molar-refractivity contribution >= 4 is 40.4 Å². The average molecular weight is 764 g/mol. The van der Waals surface area contributed by atoms with Crippen molar-refractivity contribution in [2.75, 3.05) is 21.2 Å². The second-order valence-corrected chi connectivity index (χ2v) is 16.9. The van der Waals surface area contributed by atoms with Crippen LogP contribution in [0.1, 0.15) is 86.1 Å². The number of carbonyl (C=O) groups is 4. The van der Waals surface area contributed by atoms with Crippen LogP contribution in [0, 0.1) is 29.6 Å². The molecule has 2 aromatic rings. The molecule has 13 atom stereocenters. The number of hydrogen-bond acceptors (Lipinski definition) is 11. The number of Topliss-reactive ketones (excluding diaryl/α,β-unsaturated/α-hetero) is 3. The number of likely N-dealkylation sites (N-methyl/N-ethyl adjacent to an activating group) is 1. The number of alkyl carbamates (subject to hydrolysis) is 1. The van der Waals surface area contributed by atoms with Crippen molar-refractivity contribution in [1.29, 1.82) is 0 Å². The first-order valence-corrected chi connectivity index (χ1v) is 19.7. The maximum Gasteiger partial charge on any atom is 0.408 e. The Labute approximate surface area is 325 Å². The van der Waals surface area contributed by atoms with E-state index in [0.29, 0.717) is 19.3 Å². The van der Waals surface area contributed by atoms with E-state index in [1.54, 1.807) is 40.8 Å². The Bertz CT molecular complexity index is 1750. The molecule has 3 heterocycles. The number of fused-ring (bicyclic) bond motifs is 2. The molecule has 2 N–H and O–H groups in total. The average Bonchev–Trinajstić information content (AvgIpc) is 3.47. The van der Waals surface area contributed by atoms with Crippen LogP contribution in [0.3, 0.4) is 0 Å². The van der Waals surface area contributed by atoms with Crippen molar-refractivity contribution < 1.29 is 43.2 Å². The third kappa shape index (κ3) is 9.04. The molecule has 3 aliphatic rings. The highest BCUT2D eigenvalue weighted by molar-refractivity contribution is 6.03. The molecule has 1 saturated carbocycles. The highest BCUT2D eigenvalue weighted by Gasteiger charge is 2.56. The van der Waals surface area contributed by atoms with E-state index in [-0.39, 0.29) is 42.3 Å². The van der Waals surface area contributed by atoms with Crippen LogP contribution in [0.25, 0.3) is 17.0 Å². The Kier molecular flexibility index (Phi) is 13.4. The second-order valence-electron chi connectivity index (χ2n) is 16.9. The monoisotopic (exact) mass is 763 g/mol. The predicted octanol–water partition coefficient (Wildman–Crippen LogP) is 5.77. The number of ketones is 3. The summed E-state index contributed by atoms with van der Waals surface area (Å²) in [5.41, 5.74) is -0.608. The molecule has 55 heavy (non-hydrogen) atoms. The molecule has 0 unspecified atom stereocenters. The molecule has 1 aromatic heterocycles. The maximum absolute atomic E-state index is 14.4. The molecule has 0 spiro atoms. The lowest BCUT2D eigenvalue weighted by atomic mass is 9.69. The van der Waals surface area contributed by atoms with Crippen LogP contribution in [-0.2, 0) is 33.3 Å². The molecule has 1 aromatic carbocycles. The third-order valence-electron chi connectivity index (χ3n) is 12.6. The van der Waals surface area contributed by atoms with E-state index < -0.39 is 71.4 Å². The first-order chi connectivity index (χ1) is 25.9. The zero-order chi connectivity index (χ0) is 40.4. The molecule has 0 bridgehead atoms. The standard InChI is InChI=1S/C43H61N3O9/c1-24-22-42(6,52-10)39(54-40-37(50)33(46(8)9)19-25(2)53-40)28(5)36(49)26(3)34(47)21-31(43(7)38(27(4)35(24)48)45-41(51)55-43)17-13-11-15-29-20-30-16-12-14-18-32(30)44-23-29/h11-12,14-16,18,20,23-28,31,33,37-40,50H,13,17,19,21-22H2,1-10H3,(H,45,51)/b15-11+/t24-,25-,26+,27+,28+,31+,33+,37-,38-,39-,40+,42-,43-/m1/s1. The predicted molar refractivity (Wildman–Crippen MR) is 209 cm³/mol. The summed E-state index contributed by atoms with van der Waals surface area (Å²) in [5.74, 6) is -4.50. The van der Waals surface area contributed by atoms with Gasteiger partial charge in [-0.05, 0) is 85.2 Å². The van der Waals surface area contributed by atoms with Crippen LogP contribution in [0.2, 0.25) is 0 Å². The van der Waals surface area contributed by atoms with E-state index >= 15 is 0 Å². The van der Waals surface area contributed by atoms with E-state index in [2.05, 4.69) is 16.4 Å². The summed E-state index contributed by atoms with van der Waals surface area (Å²) in [5, 5.41) is 15.4. The fraction of sp³-hybridized carbons (Fsp3) is 0.651. The molecule has 0 radical (unpaired) electrons. The second kappa shape index (κ2) is 17.3. The SMILES string of the molecule is CO[C@]1(C)C[C@@H](C)C(=O)[C@H](C)[C@H]2NC(=O)O[C@]2(C)[C@@H](CC/C=C/c2cnc3ccccc3c2)CC(=O)[C@H](C)C(=O)[C@H](C)[C@H]1O[C@@H]1O[C@H](C)C[C@H](N(C)C)[C@H]1O. The van der Waals surface area contributed by atoms with E-state index in [0.717, 1.165) is 16.5 Å². The highest BCUT2D eigenvalue weighted by atomic mass is 16.7. The van der Waals surface area contributed by atoms with E-state index in [1.165, 1.54) is 7.11 Å². The van der Waals surface area contributed by atoms with Crippen molar-refractivity contribution in [1.82, 2.24) is 15.2 Å². The summed E-state index contributed by atoms with van der Waals surface area (Å²) < 4.78 is 24.9. The number of nitrogens with zero attached hydrogens (tertiary/aromatic N) is 2. The van der Waals surface area contributed by atoms with Gasteiger partial charge in [0.25, 0.3) is 0 Å². The van der Waals surface area contributed by atoms with E-state index in [4.69, 9.17) is 18.9 Å². The Morgan fingerprint density at radius 3 is 2.44 bits per heavy atom. The Morgan fingerprint density at radius 2 is 1.75 bits per heavy atom. The minimum Gasteiger partial charge on any atom is -0.441 e. The Balaban J connectivity index is 1.48. The first kappa shape index (κ1) is 42.6. The van der Waals surface area contributed by atoms with Crippen molar-refractivity contribution in [2.45, 2.75) is 128 Å². The molecule has 3 fully saturated rings. The lowest BCUT2D eigenvalue weighted by Crippen LogP contribution is -2.59. The van der Waals surface area contributed by atoms with Gasteiger partial charge in [-0.15, -0.1) is 0 Å². The fourth-order valence-corrected chi connectivity index (χ4v) is 9.16. The number of ether oxygens (including phenoxy) is 4. The summed E-state index contributed by atoms with van der Waals surface area (Å²) in [6.45, 7) is 12.4. The van der Waals surface area contributed by atoms with Gasteiger partial charge in [0, 0.05) is 54.8 Å². The van der Waals surface area contributed by atoms with Crippen LogP contribution in [0.15, 0.2) is 42.6 Å². The first-order valence-electron chi connectivity index (χ1n) is 19.7. The largest absolute Gasteiger partial charge is 0.441 e. The van der Waals surface area contributed by atoms with E-state index in [9.17, 15) is 24.3 Å². The lowest BCUT2D eigenvalue weighted by molar-refractivity contribution is -0.295. The number of para-hydroxylation sites is 1. The van der Waals surface area contributed by atoms with Crippen molar-refractivity contribution in [2.24, 2.45) is 29.6 Å². The Morgan fingerprint density at radius 1 is 1.04 bits per heavy atom. The van der Waals surface area contributed by atoms with Gasteiger partial charge in [0.1, 0.15) is 29.1 Å². The number of nitrogens with one attached hydrogen (secondary N) is 1. The number of rotatable bonds is 8. The number of methoxy groups -OCH3 is 1. The van der Waals surface area contributed by atoms with Crippen LogP contribution in [0.4, 0.5) is 4.79 Å². The number of benzene rings is 1. The van der Waals surface area contributed by atoms with Gasteiger partial charge < -0.3 is 34.3 Å².